The molecule has 1 amide bonds. The standard InChI is InChI=1S/C18H23NO3/c20-16-14-6-13-7-15(16)10-18(8-13,9-14)19-17(21)22-11-12-4-2-1-3-5-12/h1-5,13-16,20H,6-11H2,(H,19,21). The van der Waals surface area contributed by atoms with Gasteiger partial charge in [0.2, 0.25) is 0 Å². The fourth-order valence-corrected chi connectivity index (χ4v) is 5.13. The van der Waals surface area contributed by atoms with Crippen LogP contribution in [0.5, 0.6) is 0 Å². The molecule has 0 aliphatic heterocycles. The summed E-state index contributed by atoms with van der Waals surface area (Å²) in [5, 5.41) is 13.4. The molecule has 0 aromatic heterocycles. The van der Waals surface area contributed by atoms with Crippen LogP contribution in [-0.2, 0) is 11.3 Å². The lowest BCUT2D eigenvalue weighted by Gasteiger charge is -2.58. The van der Waals surface area contributed by atoms with Crippen LogP contribution < -0.4 is 5.32 Å². The molecule has 2 atom stereocenters. The van der Waals surface area contributed by atoms with Crippen molar-refractivity contribution in [1.29, 1.82) is 0 Å². The van der Waals surface area contributed by atoms with Gasteiger partial charge in [-0.2, -0.15) is 0 Å². The number of rotatable bonds is 3. The fourth-order valence-electron chi connectivity index (χ4n) is 5.13. The number of hydrogen-bond donors (Lipinski definition) is 2. The number of carbonyl (C=O) groups excluding carboxylic acids is 1. The van der Waals surface area contributed by atoms with E-state index in [1.807, 2.05) is 30.3 Å². The average molecular weight is 301 g/mol. The first kappa shape index (κ1) is 14.1. The Morgan fingerprint density at radius 2 is 1.86 bits per heavy atom. The smallest absolute Gasteiger partial charge is 0.407 e. The third-order valence-electron chi connectivity index (χ3n) is 5.80. The first-order chi connectivity index (χ1) is 10.6. The molecule has 118 valence electrons. The molecular weight excluding hydrogens is 278 g/mol. The minimum absolute atomic E-state index is 0.135. The van der Waals surface area contributed by atoms with Crippen molar-refractivity contribution in [3.63, 3.8) is 0 Å². The third-order valence-corrected chi connectivity index (χ3v) is 5.80. The monoisotopic (exact) mass is 301 g/mol. The van der Waals surface area contributed by atoms with Crippen LogP contribution in [0.3, 0.4) is 0 Å². The SMILES string of the molecule is O=C(NC12CC3CC(C1)C(O)C(C3)C2)OCc1ccccc1. The van der Waals surface area contributed by atoms with Crippen LogP contribution >= 0.6 is 0 Å². The van der Waals surface area contributed by atoms with Gasteiger partial charge in [-0.3, -0.25) is 0 Å². The minimum Gasteiger partial charge on any atom is -0.445 e. The lowest BCUT2D eigenvalue weighted by atomic mass is 9.52. The molecule has 4 fully saturated rings. The summed E-state index contributed by atoms with van der Waals surface area (Å²) in [6.45, 7) is 0.307. The van der Waals surface area contributed by atoms with Crippen molar-refractivity contribution < 1.29 is 14.6 Å². The Bertz CT molecular complexity index is 543. The van der Waals surface area contributed by atoms with Crippen molar-refractivity contribution in [3.8, 4) is 0 Å². The third kappa shape index (κ3) is 2.50. The summed E-state index contributed by atoms with van der Waals surface area (Å²) in [5.41, 5.74) is 0.863. The zero-order valence-corrected chi connectivity index (χ0v) is 12.7. The lowest BCUT2D eigenvalue weighted by molar-refractivity contribution is -0.110. The Morgan fingerprint density at radius 3 is 2.55 bits per heavy atom. The number of amides is 1. The van der Waals surface area contributed by atoms with Crippen LogP contribution in [0.4, 0.5) is 4.79 Å². The Kier molecular flexibility index (Phi) is 3.37. The number of carbonyl (C=O) groups is 1. The molecule has 0 saturated heterocycles. The predicted molar refractivity (Wildman–Crippen MR) is 82.1 cm³/mol. The molecule has 4 aliphatic rings. The molecule has 4 heteroatoms. The van der Waals surface area contributed by atoms with E-state index >= 15 is 0 Å². The van der Waals surface area contributed by atoms with Crippen LogP contribution in [0.15, 0.2) is 30.3 Å². The Balaban J connectivity index is 1.38. The van der Waals surface area contributed by atoms with E-state index in [9.17, 15) is 9.90 Å². The van der Waals surface area contributed by atoms with Gasteiger partial charge in [0, 0.05) is 5.54 Å². The molecule has 2 unspecified atom stereocenters. The number of benzene rings is 1. The van der Waals surface area contributed by atoms with Gasteiger partial charge in [0.1, 0.15) is 6.61 Å². The highest BCUT2D eigenvalue weighted by atomic mass is 16.5. The fraction of sp³-hybridized carbons (Fsp3) is 0.611. The average Bonchev–Trinajstić information content (AvgIpc) is 2.50. The molecule has 1 aromatic carbocycles. The first-order valence-corrected chi connectivity index (χ1v) is 8.30. The molecular formula is C18H23NO3. The zero-order valence-electron chi connectivity index (χ0n) is 12.7. The first-order valence-electron chi connectivity index (χ1n) is 8.30. The van der Waals surface area contributed by atoms with Crippen LogP contribution in [-0.4, -0.2) is 22.8 Å². The maximum Gasteiger partial charge on any atom is 0.407 e. The summed E-state index contributed by atoms with van der Waals surface area (Å²) in [6, 6.07) is 9.74. The van der Waals surface area contributed by atoms with Crippen LogP contribution in [0.2, 0.25) is 0 Å². The van der Waals surface area contributed by atoms with Crippen molar-refractivity contribution in [2.75, 3.05) is 0 Å². The van der Waals surface area contributed by atoms with E-state index in [0.29, 0.717) is 24.4 Å². The molecule has 0 heterocycles. The second kappa shape index (κ2) is 5.27. The van der Waals surface area contributed by atoms with Gasteiger partial charge in [0.25, 0.3) is 0 Å². The summed E-state index contributed by atoms with van der Waals surface area (Å²) < 4.78 is 5.38. The predicted octanol–water partition coefficient (Wildman–Crippen LogP) is 2.85. The Labute approximate surface area is 130 Å². The second-order valence-corrected chi connectivity index (χ2v) is 7.43. The molecule has 5 rings (SSSR count). The topological polar surface area (TPSA) is 58.6 Å². The van der Waals surface area contributed by atoms with Gasteiger partial charge < -0.3 is 15.2 Å². The van der Waals surface area contributed by atoms with Crippen LogP contribution in [0.25, 0.3) is 0 Å². The summed E-state index contributed by atoms with van der Waals surface area (Å²) >= 11 is 0. The van der Waals surface area contributed by atoms with E-state index in [1.54, 1.807) is 0 Å². The van der Waals surface area contributed by atoms with Crippen LogP contribution in [0.1, 0.15) is 37.7 Å². The molecule has 2 N–H and O–H groups in total. The highest BCUT2D eigenvalue weighted by Gasteiger charge is 2.55. The van der Waals surface area contributed by atoms with E-state index in [-0.39, 0.29) is 17.7 Å². The summed E-state index contributed by atoms with van der Waals surface area (Å²) in [4.78, 5) is 12.2. The maximum atomic E-state index is 12.2. The van der Waals surface area contributed by atoms with Gasteiger partial charge in [-0.05, 0) is 55.4 Å². The molecule has 22 heavy (non-hydrogen) atoms. The number of alkyl carbamates (subject to hydrolysis) is 1. The molecule has 4 nitrogen and oxygen atoms in total. The summed E-state index contributed by atoms with van der Waals surface area (Å²) in [5.74, 6) is 1.39. The molecule has 4 aliphatic carbocycles. The lowest BCUT2D eigenvalue weighted by Crippen LogP contribution is -2.63. The van der Waals surface area contributed by atoms with Gasteiger partial charge in [0.15, 0.2) is 0 Å². The van der Waals surface area contributed by atoms with E-state index in [0.717, 1.165) is 37.7 Å². The zero-order chi connectivity index (χ0) is 15.2. The normalized spacial score (nSPS) is 38.8. The molecule has 4 saturated carbocycles. The van der Waals surface area contributed by atoms with Crippen molar-refractivity contribution in [1.82, 2.24) is 5.32 Å². The maximum absolute atomic E-state index is 12.2. The van der Waals surface area contributed by atoms with Crippen LogP contribution in [0, 0.1) is 17.8 Å². The number of hydrogen-bond acceptors (Lipinski definition) is 3. The Morgan fingerprint density at radius 1 is 1.18 bits per heavy atom. The van der Waals surface area contributed by atoms with Gasteiger partial charge >= 0.3 is 6.09 Å². The summed E-state index contributed by atoms with van der Waals surface area (Å²) in [6.07, 6.45) is 4.63. The molecule has 1 aromatic rings. The molecule has 0 spiro atoms. The van der Waals surface area contributed by atoms with E-state index in [4.69, 9.17) is 4.74 Å². The number of aliphatic hydroxyl groups excluding tert-OH is 1. The van der Waals surface area contributed by atoms with Gasteiger partial charge in [-0.15, -0.1) is 0 Å². The highest BCUT2D eigenvalue weighted by Crippen LogP contribution is 2.55. The number of nitrogens with one attached hydrogen (secondary N) is 1. The number of ether oxygens (including phenoxy) is 1. The van der Waals surface area contributed by atoms with Crippen molar-refractivity contribution in [2.45, 2.75) is 50.4 Å². The van der Waals surface area contributed by atoms with Gasteiger partial charge in [-0.1, -0.05) is 30.3 Å². The quantitative estimate of drug-likeness (QED) is 0.902. The molecule has 4 bridgehead atoms. The minimum atomic E-state index is -0.319. The van der Waals surface area contributed by atoms with E-state index in [1.165, 1.54) is 0 Å². The van der Waals surface area contributed by atoms with E-state index < -0.39 is 0 Å². The second-order valence-electron chi connectivity index (χ2n) is 7.43. The van der Waals surface area contributed by atoms with Crippen molar-refractivity contribution in [2.24, 2.45) is 17.8 Å². The Hall–Kier alpha value is -1.55. The van der Waals surface area contributed by atoms with Gasteiger partial charge in [0.05, 0.1) is 6.10 Å². The summed E-state index contributed by atoms with van der Waals surface area (Å²) in [7, 11) is 0. The van der Waals surface area contributed by atoms with Crippen molar-refractivity contribution >= 4 is 6.09 Å². The van der Waals surface area contributed by atoms with E-state index in [2.05, 4.69) is 5.32 Å². The number of aliphatic hydroxyl groups is 1. The van der Waals surface area contributed by atoms with Crippen molar-refractivity contribution in [3.05, 3.63) is 35.9 Å². The largest absolute Gasteiger partial charge is 0.445 e. The molecule has 0 radical (unpaired) electrons. The highest BCUT2D eigenvalue weighted by molar-refractivity contribution is 5.68. The van der Waals surface area contributed by atoms with Gasteiger partial charge in [-0.25, -0.2) is 4.79 Å².